The van der Waals surface area contributed by atoms with E-state index in [1.807, 2.05) is 23.1 Å². The maximum Gasteiger partial charge on any atom is 0.264 e. The number of unbranched alkanes of at least 4 members (excludes halogenated alkanes) is 3. The van der Waals surface area contributed by atoms with E-state index in [2.05, 4.69) is 6.92 Å². The third kappa shape index (κ3) is 6.27. The highest BCUT2D eigenvalue weighted by Gasteiger charge is 2.39. The van der Waals surface area contributed by atoms with Crippen LogP contribution in [0.25, 0.3) is 0 Å². The fourth-order valence-corrected chi connectivity index (χ4v) is 8.12. The second kappa shape index (κ2) is 12.4. The molecule has 7 rings (SSSR count). The maximum absolute atomic E-state index is 14.2. The standard InChI is InChI=1S/C32H44N2O5S/c1-3-4-5-6-8-25-9-14-30(38-2)29(23-25)34-24-31(35)33-21-7-17-32(20-22-33)18-15-27(16-19-32)39-26-10-12-28(13-11-26)40(34,36)37/h9-14,23,27H,3-8,15-22,24H2,1-2H3. The number of methoxy groups -OCH3 is 1. The van der Waals surface area contributed by atoms with Crippen molar-refractivity contribution in [1.29, 1.82) is 0 Å². The number of hydrogen-bond acceptors (Lipinski definition) is 5. The van der Waals surface area contributed by atoms with Crippen molar-refractivity contribution in [3.05, 3.63) is 48.0 Å². The van der Waals surface area contributed by atoms with E-state index in [1.54, 1.807) is 31.4 Å². The molecule has 0 radical (unpaired) electrons. The fourth-order valence-electron chi connectivity index (χ4n) is 6.70. The van der Waals surface area contributed by atoms with E-state index in [0.717, 1.165) is 76.2 Å². The van der Waals surface area contributed by atoms with Crippen molar-refractivity contribution in [2.75, 3.05) is 31.0 Å². The van der Waals surface area contributed by atoms with Crippen LogP contribution in [0.5, 0.6) is 11.5 Å². The predicted molar refractivity (Wildman–Crippen MR) is 158 cm³/mol. The number of hydrogen-bond donors (Lipinski definition) is 0. The topological polar surface area (TPSA) is 76.2 Å². The Hall–Kier alpha value is -2.74. The molecule has 5 aliphatic rings. The highest BCUT2D eigenvalue weighted by atomic mass is 32.2. The van der Waals surface area contributed by atoms with Gasteiger partial charge in [0.15, 0.2) is 0 Å². The number of rotatable bonds is 7. The van der Waals surface area contributed by atoms with Gasteiger partial charge in [-0.25, -0.2) is 8.42 Å². The number of fused-ring (bicyclic) bond motifs is 2. The third-order valence-corrected chi connectivity index (χ3v) is 11.0. The van der Waals surface area contributed by atoms with Crippen molar-refractivity contribution in [1.82, 2.24) is 4.90 Å². The molecule has 218 valence electrons. The molecule has 0 aromatic heterocycles. The van der Waals surface area contributed by atoms with Gasteiger partial charge in [-0.2, -0.15) is 0 Å². The van der Waals surface area contributed by atoms with Gasteiger partial charge in [-0.3, -0.25) is 9.10 Å². The van der Waals surface area contributed by atoms with Crippen LogP contribution in [0, 0.1) is 5.41 Å². The van der Waals surface area contributed by atoms with Gasteiger partial charge in [-0.05, 0) is 105 Å². The van der Waals surface area contributed by atoms with Crippen LogP contribution in [0.4, 0.5) is 5.69 Å². The van der Waals surface area contributed by atoms with Crippen molar-refractivity contribution in [2.45, 2.75) is 95.0 Å². The number of sulfonamides is 1. The minimum atomic E-state index is -4.07. The Balaban J connectivity index is 1.54. The number of anilines is 1. The van der Waals surface area contributed by atoms with E-state index >= 15 is 0 Å². The molecular weight excluding hydrogens is 524 g/mol. The molecule has 40 heavy (non-hydrogen) atoms. The lowest BCUT2D eigenvalue weighted by atomic mass is 9.69. The van der Waals surface area contributed by atoms with Gasteiger partial charge in [0.25, 0.3) is 10.0 Å². The molecule has 7 nitrogen and oxygen atoms in total. The summed E-state index contributed by atoms with van der Waals surface area (Å²) >= 11 is 0. The molecule has 1 aliphatic carbocycles. The van der Waals surface area contributed by atoms with Crippen LogP contribution in [0.15, 0.2) is 47.4 Å². The summed E-state index contributed by atoms with van der Waals surface area (Å²) in [6.07, 6.45) is 12.7. The lowest BCUT2D eigenvalue weighted by molar-refractivity contribution is -0.129. The van der Waals surface area contributed by atoms with E-state index in [-0.39, 0.29) is 28.9 Å². The van der Waals surface area contributed by atoms with Crippen LogP contribution in [0.3, 0.4) is 0 Å². The van der Waals surface area contributed by atoms with E-state index in [4.69, 9.17) is 9.47 Å². The van der Waals surface area contributed by atoms with Crippen molar-refractivity contribution >= 4 is 21.6 Å². The molecular formula is C32H44N2O5S. The first-order valence-electron chi connectivity index (χ1n) is 15.1. The Morgan fingerprint density at radius 3 is 2.48 bits per heavy atom. The maximum atomic E-state index is 14.2. The highest BCUT2D eigenvalue weighted by Crippen LogP contribution is 2.45. The molecule has 0 atom stereocenters. The number of carbonyl (C=O) groups excluding carboxylic acids is 1. The van der Waals surface area contributed by atoms with Gasteiger partial charge in [-0.15, -0.1) is 0 Å². The largest absolute Gasteiger partial charge is 0.495 e. The zero-order valence-electron chi connectivity index (χ0n) is 24.1. The van der Waals surface area contributed by atoms with Gasteiger partial charge in [0, 0.05) is 13.1 Å². The van der Waals surface area contributed by atoms with Crippen LogP contribution in [-0.2, 0) is 21.2 Å². The third-order valence-electron chi connectivity index (χ3n) is 9.22. The van der Waals surface area contributed by atoms with E-state index in [1.165, 1.54) is 10.7 Å². The van der Waals surface area contributed by atoms with Crippen molar-refractivity contribution in [3.8, 4) is 11.5 Å². The zero-order chi connectivity index (χ0) is 28.2. The molecule has 4 aliphatic heterocycles. The van der Waals surface area contributed by atoms with E-state index in [0.29, 0.717) is 30.3 Å². The summed E-state index contributed by atoms with van der Waals surface area (Å²) in [6, 6.07) is 12.4. The molecule has 2 aromatic carbocycles. The van der Waals surface area contributed by atoms with Gasteiger partial charge in [0.05, 0.1) is 23.8 Å². The van der Waals surface area contributed by atoms with Gasteiger partial charge in [0.2, 0.25) is 5.91 Å². The lowest BCUT2D eigenvalue weighted by Crippen LogP contribution is -2.44. The minimum absolute atomic E-state index is 0.133. The first-order valence-corrected chi connectivity index (χ1v) is 16.5. The Bertz CT molecular complexity index is 1270. The summed E-state index contributed by atoms with van der Waals surface area (Å²) < 4.78 is 41.6. The van der Waals surface area contributed by atoms with Crippen LogP contribution in [-0.4, -0.2) is 52.1 Å². The number of nitrogens with zero attached hydrogens (tertiary/aromatic N) is 2. The van der Waals surface area contributed by atoms with E-state index < -0.39 is 10.0 Å². The molecule has 4 heterocycles. The summed E-state index contributed by atoms with van der Waals surface area (Å²) in [4.78, 5) is 15.9. The first-order chi connectivity index (χ1) is 19.3. The molecule has 8 heteroatoms. The first kappa shape index (κ1) is 28.8. The van der Waals surface area contributed by atoms with Crippen molar-refractivity contribution < 1.29 is 22.7 Å². The monoisotopic (exact) mass is 568 g/mol. The number of carbonyl (C=O) groups is 1. The van der Waals surface area contributed by atoms with Gasteiger partial charge >= 0.3 is 0 Å². The van der Waals surface area contributed by atoms with Crippen LogP contribution >= 0.6 is 0 Å². The highest BCUT2D eigenvalue weighted by molar-refractivity contribution is 7.92. The Morgan fingerprint density at radius 2 is 1.75 bits per heavy atom. The van der Waals surface area contributed by atoms with Crippen molar-refractivity contribution in [2.24, 2.45) is 5.41 Å². The molecule has 2 aromatic rings. The molecule has 1 spiro atoms. The average molecular weight is 569 g/mol. The molecule has 5 bridgehead atoms. The smallest absolute Gasteiger partial charge is 0.264 e. The quantitative estimate of drug-likeness (QED) is 0.364. The Labute approximate surface area is 239 Å². The lowest BCUT2D eigenvalue weighted by Gasteiger charge is -2.40. The second-order valence-corrected chi connectivity index (χ2v) is 13.7. The van der Waals surface area contributed by atoms with Crippen LogP contribution < -0.4 is 13.8 Å². The SMILES string of the molecule is CCCCCCc1ccc(OC)c(N2CC(=O)N3CCCC4(CCC(CC4)Oc4ccc(cc4)S2(=O)=O)CC3)c1. The Morgan fingerprint density at radius 1 is 0.975 bits per heavy atom. The zero-order valence-corrected chi connectivity index (χ0v) is 24.9. The number of aryl methyl sites for hydroxylation is 1. The molecule has 1 amide bonds. The summed E-state index contributed by atoms with van der Waals surface area (Å²) in [5.74, 6) is 0.972. The van der Waals surface area contributed by atoms with Crippen LogP contribution in [0.2, 0.25) is 0 Å². The Kier molecular flexibility index (Phi) is 8.93. The normalized spacial score (nSPS) is 24.6. The average Bonchev–Trinajstić information content (AvgIpc) is 3.17. The van der Waals surface area contributed by atoms with Gasteiger partial charge in [-0.1, -0.05) is 32.3 Å². The molecule has 1 saturated heterocycles. The number of benzene rings is 2. The predicted octanol–water partition coefficient (Wildman–Crippen LogP) is 6.35. The summed E-state index contributed by atoms with van der Waals surface area (Å²) in [6.45, 7) is 3.26. The second-order valence-electron chi connectivity index (χ2n) is 11.9. The number of amides is 1. The molecule has 1 saturated carbocycles. The summed E-state index contributed by atoms with van der Waals surface area (Å²) in [7, 11) is -2.52. The van der Waals surface area contributed by atoms with Gasteiger partial charge < -0.3 is 14.4 Å². The molecule has 0 N–H and O–H groups in total. The number of ether oxygens (including phenoxy) is 2. The van der Waals surface area contributed by atoms with Crippen molar-refractivity contribution in [3.63, 3.8) is 0 Å². The molecule has 2 fully saturated rings. The minimum Gasteiger partial charge on any atom is -0.495 e. The summed E-state index contributed by atoms with van der Waals surface area (Å²) in [5.41, 5.74) is 1.70. The van der Waals surface area contributed by atoms with E-state index in [9.17, 15) is 13.2 Å². The fraction of sp³-hybridized carbons (Fsp3) is 0.594. The van der Waals surface area contributed by atoms with Crippen LogP contribution in [0.1, 0.15) is 83.1 Å². The van der Waals surface area contributed by atoms with Gasteiger partial charge in [0.1, 0.15) is 18.0 Å². The molecule has 0 unspecified atom stereocenters. The summed E-state index contributed by atoms with van der Waals surface area (Å²) in [5, 5.41) is 0.